The third-order valence-electron chi connectivity index (χ3n) is 6.41. The highest BCUT2D eigenvalue weighted by Gasteiger charge is 2.51. The smallest absolute Gasteiger partial charge is 0.409 e. The van der Waals surface area contributed by atoms with Crippen LogP contribution in [0.15, 0.2) is 0 Å². The van der Waals surface area contributed by atoms with Crippen molar-refractivity contribution in [2.24, 2.45) is 5.41 Å². The van der Waals surface area contributed by atoms with E-state index in [-0.39, 0.29) is 12.0 Å². The Kier molecular flexibility index (Phi) is 5.04. The number of nitrogens with zero attached hydrogens (tertiary/aromatic N) is 3. The molecule has 2 saturated heterocycles. The van der Waals surface area contributed by atoms with Gasteiger partial charge in [-0.25, -0.2) is 4.79 Å². The fourth-order valence-electron chi connectivity index (χ4n) is 5.05. The maximum atomic E-state index is 11.7. The lowest BCUT2D eigenvalue weighted by atomic mass is 9.64. The van der Waals surface area contributed by atoms with Crippen LogP contribution in [0.1, 0.15) is 46.0 Å². The van der Waals surface area contributed by atoms with E-state index >= 15 is 0 Å². The molecule has 0 radical (unpaired) electrons. The average molecular weight is 337 g/mol. The zero-order valence-corrected chi connectivity index (χ0v) is 15.3. The second-order valence-electron chi connectivity index (χ2n) is 7.78. The molecule has 2 amide bonds. The van der Waals surface area contributed by atoms with Crippen LogP contribution in [0.2, 0.25) is 0 Å². The first-order valence-corrected chi connectivity index (χ1v) is 9.32. The first kappa shape index (κ1) is 17.5. The van der Waals surface area contributed by atoms with E-state index in [1.165, 1.54) is 20.0 Å². The lowest BCUT2D eigenvalue weighted by Gasteiger charge is -2.52. The van der Waals surface area contributed by atoms with Gasteiger partial charge in [-0.05, 0) is 44.4 Å². The van der Waals surface area contributed by atoms with Crippen LogP contribution in [-0.2, 0) is 9.53 Å². The molecule has 6 nitrogen and oxygen atoms in total. The van der Waals surface area contributed by atoms with Crippen LogP contribution in [0.5, 0.6) is 0 Å². The summed E-state index contributed by atoms with van der Waals surface area (Å²) in [5, 5.41) is 0. The van der Waals surface area contributed by atoms with Crippen molar-refractivity contribution in [1.82, 2.24) is 14.7 Å². The largest absolute Gasteiger partial charge is 0.453 e. The van der Waals surface area contributed by atoms with Crippen LogP contribution in [-0.4, -0.2) is 78.6 Å². The number of hydrogen-bond donors (Lipinski definition) is 0. The lowest BCUT2D eigenvalue weighted by molar-refractivity contribution is -0.132. The predicted molar refractivity (Wildman–Crippen MR) is 91.7 cm³/mol. The van der Waals surface area contributed by atoms with Crippen molar-refractivity contribution in [2.45, 2.75) is 58.0 Å². The van der Waals surface area contributed by atoms with Gasteiger partial charge < -0.3 is 19.4 Å². The number of piperidine rings is 1. The van der Waals surface area contributed by atoms with Crippen molar-refractivity contribution in [1.29, 1.82) is 0 Å². The number of likely N-dealkylation sites (tertiary alicyclic amines) is 2. The second kappa shape index (κ2) is 6.90. The van der Waals surface area contributed by atoms with E-state index in [1.54, 1.807) is 6.92 Å². The molecule has 0 aromatic heterocycles. The van der Waals surface area contributed by atoms with Crippen molar-refractivity contribution < 1.29 is 14.3 Å². The quantitative estimate of drug-likeness (QED) is 0.790. The van der Waals surface area contributed by atoms with E-state index in [4.69, 9.17) is 4.74 Å². The van der Waals surface area contributed by atoms with Gasteiger partial charge in [0.15, 0.2) is 0 Å². The van der Waals surface area contributed by atoms with Crippen LogP contribution in [0, 0.1) is 5.41 Å². The van der Waals surface area contributed by atoms with Gasteiger partial charge in [-0.1, -0.05) is 0 Å². The number of rotatable bonds is 3. The van der Waals surface area contributed by atoms with Crippen molar-refractivity contribution in [3.05, 3.63) is 0 Å². The zero-order valence-electron chi connectivity index (χ0n) is 15.3. The Balaban J connectivity index is 1.45. The molecule has 1 spiro atoms. The zero-order chi connectivity index (χ0) is 17.3. The molecule has 3 aliphatic rings. The number of carbonyl (C=O) groups is 2. The summed E-state index contributed by atoms with van der Waals surface area (Å²) in [6.45, 7) is 8.45. The average Bonchev–Trinajstić information content (AvgIpc) is 2.99. The fraction of sp³-hybridized carbons (Fsp3) is 0.889. The van der Waals surface area contributed by atoms with E-state index in [0.29, 0.717) is 17.5 Å². The van der Waals surface area contributed by atoms with Gasteiger partial charge in [0.1, 0.15) is 0 Å². The molecule has 1 saturated carbocycles. The maximum Gasteiger partial charge on any atom is 0.409 e. The van der Waals surface area contributed by atoms with E-state index in [9.17, 15) is 9.59 Å². The first-order valence-electron chi connectivity index (χ1n) is 9.32. The molecule has 24 heavy (non-hydrogen) atoms. The number of methoxy groups -OCH3 is 1. The van der Waals surface area contributed by atoms with E-state index in [1.807, 2.05) is 9.80 Å². The summed E-state index contributed by atoms with van der Waals surface area (Å²) < 4.78 is 4.85. The molecule has 0 unspecified atom stereocenters. The second-order valence-corrected chi connectivity index (χ2v) is 7.78. The molecule has 3 rings (SSSR count). The molecule has 2 aliphatic heterocycles. The van der Waals surface area contributed by atoms with Gasteiger partial charge in [0.25, 0.3) is 0 Å². The molecular weight excluding hydrogens is 306 g/mol. The van der Waals surface area contributed by atoms with Crippen LogP contribution in [0.4, 0.5) is 4.79 Å². The molecule has 0 atom stereocenters. The van der Waals surface area contributed by atoms with E-state index in [0.717, 1.165) is 52.0 Å². The minimum atomic E-state index is -0.181. The van der Waals surface area contributed by atoms with Crippen molar-refractivity contribution >= 4 is 12.0 Å². The molecular formula is C18H31N3O3. The Labute approximate surface area is 145 Å². The molecule has 2 heterocycles. The Morgan fingerprint density at radius 2 is 1.88 bits per heavy atom. The summed E-state index contributed by atoms with van der Waals surface area (Å²) >= 11 is 0. The van der Waals surface area contributed by atoms with Crippen LogP contribution in [0.3, 0.4) is 0 Å². The molecule has 0 bridgehead atoms. The Morgan fingerprint density at radius 1 is 1.21 bits per heavy atom. The third kappa shape index (κ3) is 3.25. The van der Waals surface area contributed by atoms with Gasteiger partial charge in [-0.15, -0.1) is 0 Å². The summed E-state index contributed by atoms with van der Waals surface area (Å²) in [6, 6.07) is 1.08. The predicted octanol–water partition coefficient (Wildman–Crippen LogP) is 1.94. The van der Waals surface area contributed by atoms with Gasteiger partial charge in [-0.2, -0.15) is 0 Å². The van der Waals surface area contributed by atoms with Crippen LogP contribution < -0.4 is 0 Å². The maximum absolute atomic E-state index is 11.7. The molecule has 6 heteroatoms. The molecule has 0 aromatic rings. The van der Waals surface area contributed by atoms with Crippen molar-refractivity contribution in [3.8, 4) is 0 Å². The summed E-state index contributed by atoms with van der Waals surface area (Å²) in [6.07, 6.45) is 5.52. The number of hydrogen-bond acceptors (Lipinski definition) is 4. The van der Waals surface area contributed by atoms with Gasteiger partial charge in [0.2, 0.25) is 5.91 Å². The summed E-state index contributed by atoms with van der Waals surface area (Å²) in [5.74, 6) is 0.201. The lowest BCUT2D eigenvalue weighted by Crippen LogP contribution is -2.56. The highest BCUT2D eigenvalue weighted by atomic mass is 16.5. The third-order valence-corrected chi connectivity index (χ3v) is 6.41. The number of carbonyl (C=O) groups excluding carboxylic acids is 2. The number of ether oxygens (including phenoxy) is 1. The van der Waals surface area contributed by atoms with Gasteiger partial charge in [0.05, 0.1) is 7.11 Å². The molecule has 1 aliphatic carbocycles. The first-order chi connectivity index (χ1) is 11.5. The number of amides is 2. The monoisotopic (exact) mass is 337 g/mol. The minimum Gasteiger partial charge on any atom is -0.453 e. The van der Waals surface area contributed by atoms with Gasteiger partial charge in [-0.3, -0.25) is 4.79 Å². The van der Waals surface area contributed by atoms with Crippen LogP contribution >= 0.6 is 0 Å². The standard InChI is InChI=1S/C18H31N3O3/c1-4-21(14(2)22)15-5-8-19(9-6-15)16-11-18(12-16)7-10-20(13-18)17(23)24-3/h15-16H,4-13H2,1-3H3. The topological polar surface area (TPSA) is 53.1 Å². The highest BCUT2D eigenvalue weighted by Crippen LogP contribution is 2.50. The Hall–Kier alpha value is -1.30. The fourth-order valence-corrected chi connectivity index (χ4v) is 5.05. The Morgan fingerprint density at radius 3 is 2.42 bits per heavy atom. The van der Waals surface area contributed by atoms with Gasteiger partial charge >= 0.3 is 6.09 Å². The van der Waals surface area contributed by atoms with E-state index in [2.05, 4.69) is 11.8 Å². The van der Waals surface area contributed by atoms with Crippen molar-refractivity contribution in [3.63, 3.8) is 0 Å². The molecule has 136 valence electrons. The SMILES string of the molecule is CCN(C(C)=O)C1CCN(C2CC3(CCN(C(=O)OC)C3)C2)CC1. The molecule has 0 N–H and O–H groups in total. The highest BCUT2D eigenvalue weighted by molar-refractivity contribution is 5.73. The Bertz CT molecular complexity index is 482. The molecule has 0 aromatic carbocycles. The summed E-state index contributed by atoms with van der Waals surface area (Å²) in [7, 11) is 1.46. The molecule has 3 fully saturated rings. The normalized spacial score (nSPS) is 31.1. The summed E-state index contributed by atoms with van der Waals surface area (Å²) in [4.78, 5) is 29.9. The van der Waals surface area contributed by atoms with Crippen molar-refractivity contribution in [2.75, 3.05) is 39.8 Å². The van der Waals surface area contributed by atoms with Gasteiger partial charge in [0, 0.05) is 51.7 Å². The summed E-state index contributed by atoms with van der Waals surface area (Å²) in [5.41, 5.74) is 0.338. The van der Waals surface area contributed by atoms with E-state index < -0.39 is 0 Å². The minimum absolute atomic E-state index is 0.181. The van der Waals surface area contributed by atoms with Crippen LogP contribution in [0.25, 0.3) is 0 Å².